The molecular formula is C13H10N4O3. The van der Waals surface area contributed by atoms with Crippen molar-refractivity contribution < 1.29 is 14.4 Å². The van der Waals surface area contributed by atoms with Gasteiger partial charge < -0.3 is 9.63 Å². The summed E-state index contributed by atoms with van der Waals surface area (Å²) in [7, 11) is 0. The van der Waals surface area contributed by atoms with E-state index < -0.39 is 5.97 Å². The minimum absolute atomic E-state index is 0.139. The SMILES string of the molecule is Cc1cnn(-c2ccccc2-c2cc(C(=O)O)no2)n1. The van der Waals surface area contributed by atoms with Crippen molar-refractivity contribution in [3.05, 3.63) is 47.9 Å². The highest BCUT2D eigenvalue weighted by Crippen LogP contribution is 2.26. The van der Waals surface area contributed by atoms with Crippen molar-refractivity contribution in [2.24, 2.45) is 0 Å². The Morgan fingerprint density at radius 3 is 2.80 bits per heavy atom. The summed E-state index contributed by atoms with van der Waals surface area (Å²) in [4.78, 5) is 12.3. The summed E-state index contributed by atoms with van der Waals surface area (Å²) in [5.74, 6) is -0.779. The minimum atomic E-state index is -1.13. The second kappa shape index (κ2) is 4.61. The molecule has 100 valence electrons. The van der Waals surface area contributed by atoms with Gasteiger partial charge in [0.05, 0.1) is 17.6 Å². The molecule has 2 heterocycles. The number of hydrogen-bond donors (Lipinski definition) is 1. The molecule has 3 rings (SSSR count). The Kier molecular flexibility index (Phi) is 2.79. The summed E-state index contributed by atoms with van der Waals surface area (Å²) in [6.07, 6.45) is 1.64. The van der Waals surface area contributed by atoms with Crippen LogP contribution in [0, 0.1) is 6.92 Å². The summed E-state index contributed by atoms with van der Waals surface area (Å²) in [6, 6.07) is 8.64. The van der Waals surface area contributed by atoms with Gasteiger partial charge >= 0.3 is 5.97 Å². The third-order valence-electron chi connectivity index (χ3n) is 2.72. The third kappa shape index (κ3) is 2.05. The molecule has 0 amide bonds. The van der Waals surface area contributed by atoms with Crippen LogP contribution in [0.3, 0.4) is 0 Å². The Morgan fingerprint density at radius 2 is 2.15 bits per heavy atom. The molecule has 0 saturated heterocycles. The normalized spacial score (nSPS) is 10.7. The van der Waals surface area contributed by atoms with Crippen molar-refractivity contribution in [1.82, 2.24) is 20.2 Å². The number of aromatic carboxylic acids is 1. The van der Waals surface area contributed by atoms with Crippen LogP contribution in [0.2, 0.25) is 0 Å². The minimum Gasteiger partial charge on any atom is -0.476 e. The first kappa shape index (κ1) is 12.1. The number of carbonyl (C=O) groups is 1. The molecule has 0 atom stereocenters. The Bertz CT molecular complexity index is 775. The first-order valence-corrected chi connectivity index (χ1v) is 5.84. The summed E-state index contributed by atoms with van der Waals surface area (Å²) < 4.78 is 5.08. The number of benzene rings is 1. The van der Waals surface area contributed by atoms with E-state index in [0.717, 1.165) is 5.69 Å². The number of hydrogen-bond acceptors (Lipinski definition) is 5. The van der Waals surface area contributed by atoms with Gasteiger partial charge in [0.15, 0.2) is 11.5 Å². The van der Waals surface area contributed by atoms with Crippen molar-refractivity contribution in [3.63, 3.8) is 0 Å². The number of carboxylic acid groups (broad SMARTS) is 1. The largest absolute Gasteiger partial charge is 0.476 e. The lowest BCUT2D eigenvalue weighted by Crippen LogP contribution is -2.00. The van der Waals surface area contributed by atoms with E-state index in [1.54, 1.807) is 12.3 Å². The zero-order valence-corrected chi connectivity index (χ0v) is 10.5. The molecule has 0 aliphatic rings. The lowest BCUT2D eigenvalue weighted by Gasteiger charge is -2.04. The number of nitrogens with zero attached hydrogens (tertiary/aromatic N) is 4. The van der Waals surface area contributed by atoms with Crippen molar-refractivity contribution in [3.8, 4) is 17.0 Å². The predicted octanol–water partition coefficient (Wildman–Crippen LogP) is 1.93. The van der Waals surface area contributed by atoms with E-state index in [4.69, 9.17) is 9.63 Å². The maximum absolute atomic E-state index is 10.9. The van der Waals surface area contributed by atoms with Crippen LogP contribution in [-0.2, 0) is 0 Å². The number of aromatic nitrogens is 4. The van der Waals surface area contributed by atoms with E-state index in [9.17, 15) is 4.79 Å². The number of aryl methyl sites for hydroxylation is 1. The van der Waals surface area contributed by atoms with E-state index in [2.05, 4.69) is 15.4 Å². The lowest BCUT2D eigenvalue weighted by atomic mass is 10.1. The molecule has 20 heavy (non-hydrogen) atoms. The van der Waals surface area contributed by atoms with E-state index in [1.165, 1.54) is 10.9 Å². The van der Waals surface area contributed by atoms with Gasteiger partial charge in [-0.15, -0.1) is 0 Å². The monoisotopic (exact) mass is 270 g/mol. The molecule has 7 heteroatoms. The van der Waals surface area contributed by atoms with Crippen LogP contribution in [0.4, 0.5) is 0 Å². The molecule has 2 aromatic heterocycles. The lowest BCUT2D eigenvalue weighted by molar-refractivity contribution is 0.0686. The highest BCUT2D eigenvalue weighted by atomic mass is 16.5. The van der Waals surface area contributed by atoms with Gasteiger partial charge in [-0.05, 0) is 19.1 Å². The highest BCUT2D eigenvalue weighted by molar-refractivity contribution is 5.86. The van der Waals surface area contributed by atoms with E-state index in [-0.39, 0.29) is 5.69 Å². The second-order valence-corrected chi connectivity index (χ2v) is 4.17. The zero-order chi connectivity index (χ0) is 14.1. The number of carboxylic acids is 1. The fourth-order valence-electron chi connectivity index (χ4n) is 1.81. The molecule has 7 nitrogen and oxygen atoms in total. The molecule has 0 unspecified atom stereocenters. The maximum atomic E-state index is 10.9. The van der Waals surface area contributed by atoms with Crippen LogP contribution >= 0.6 is 0 Å². The van der Waals surface area contributed by atoms with E-state index in [1.807, 2.05) is 25.1 Å². The van der Waals surface area contributed by atoms with Crippen molar-refractivity contribution >= 4 is 5.97 Å². The molecule has 0 bridgehead atoms. The molecule has 0 spiro atoms. The maximum Gasteiger partial charge on any atom is 0.358 e. The van der Waals surface area contributed by atoms with Crippen LogP contribution in [-0.4, -0.2) is 31.2 Å². The van der Waals surface area contributed by atoms with Gasteiger partial charge in [0, 0.05) is 11.6 Å². The molecule has 3 aromatic rings. The molecule has 0 radical (unpaired) electrons. The molecule has 1 N–H and O–H groups in total. The zero-order valence-electron chi connectivity index (χ0n) is 10.5. The van der Waals surface area contributed by atoms with Crippen molar-refractivity contribution in [1.29, 1.82) is 0 Å². The first-order chi connectivity index (χ1) is 9.65. The van der Waals surface area contributed by atoms with Gasteiger partial charge in [0.25, 0.3) is 0 Å². The average molecular weight is 270 g/mol. The van der Waals surface area contributed by atoms with Crippen molar-refractivity contribution in [2.75, 3.05) is 0 Å². The molecule has 0 fully saturated rings. The van der Waals surface area contributed by atoms with Gasteiger partial charge in [0.2, 0.25) is 0 Å². The standard InChI is InChI=1S/C13H10N4O3/c1-8-7-14-17(15-8)11-5-3-2-4-9(11)12-6-10(13(18)19)16-20-12/h2-7H,1H3,(H,18,19). The van der Waals surface area contributed by atoms with Crippen LogP contribution < -0.4 is 0 Å². The topological polar surface area (TPSA) is 94.0 Å². The Hall–Kier alpha value is -2.96. The highest BCUT2D eigenvalue weighted by Gasteiger charge is 2.16. The summed E-state index contributed by atoms with van der Waals surface area (Å²) in [5, 5.41) is 20.8. The molecule has 0 aliphatic heterocycles. The quantitative estimate of drug-likeness (QED) is 0.781. The fraction of sp³-hybridized carbons (Fsp3) is 0.0769. The summed E-state index contributed by atoms with van der Waals surface area (Å²) >= 11 is 0. The predicted molar refractivity (Wildman–Crippen MR) is 68.6 cm³/mol. The second-order valence-electron chi connectivity index (χ2n) is 4.17. The molecule has 1 aromatic carbocycles. The van der Waals surface area contributed by atoms with Crippen LogP contribution in [0.5, 0.6) is 0 Å². The fourth-order valence-corrected chi connectivity index (χ4v) is 1.81. The van der Waals surface area contributed by atoms with Crippen LogP contribution in [0.1, 0.15) is 16.2 Å². The Balaban J connectivity index is 2.11. The third-order valence-corrected chi connectivity index (χ3v) is 2.72. The number of rotatable bonds is 3. The molecule has 0 saturated carbocycles. The molecular weight excluding hydrogens is 260 g/mol. The summed E-state index contributed by atoms with van der Waals surface area (Å²) in [5.41, 5.74) is 2.00. The van der Waals surface area contributed by atoms with Gasteiger partial charge in [0.1, 0.15) is 0 Å². The van der Waals surface area contributed by atoms with E-state index in [0.29, 0.717) is 17.0 Å². The van der Waals surface area contributed by atoms with Crippen molar-refractivity contribution in [2.45, 2.75) is 6.92 Å². The Morgan fingerprint density at radius 1 is 1.35 bits per heavy atom. The number of para-hydroxylation sites is 1. The average Bonchev–Trinajstić information content (AvgIpc) is 3.07. The van der Waals surface area contributed by atoms with Crippen LogP contribution in [0.25, 0.3) is 17.0 Å². The van der Waals surface area contributed by atoms with E-state index >= 15 is 0 Å². The van der Waals surface area contributed by atoms with Gasteiger partial charge in [-0.2, -0.15) is 15.0 Å². The molecule has 0 aliphatic carbocycles. The van der Waals surface area contributed by atoms with Gasteiger partial charge in [-0.3, -0.25) is 0 Å². The van der Waals surface area contributed by atoms with Gasteiger partial charge in [-0.25, -0.2) is 4.79 Å². The first-order valence-electron chi connectivity index (χ1n) is 5.84. The summed E-state index contributed by atoms with van der Waals surface area (Å²) in [6.45, 7) is 1.84. The smallest absolute Gasteiger partial charge is 0.358 e. The van der Waals surface area contributed by atoms with Gasteiger partial charge in [-0.1, -0.05) is 17.3 Å². The Labute approximate surface area is 113 Å². The van der Waals surface area contributed by atoms with Crippen LogP contribution in [0.15, 0.2) is 41.1 Å².